The number of benzene rings is 2. The Kier molecular flexibility index (Phi) is 11.4. The van der Waals surface area contributed by atoms with E-state index < -0.39 is 0 Å². The summed E-state index contributed by atoms with van der Waals surface area (Å²) in [7, 11) is 1.49. The Balaban J connectivity index is 1.88. The summed E-state index contributed by atoms with van der Waals surface area (Å²) in [5, 5.41) is 0.662. The average molecular weight is 532 g/mol. The molecule has 0 aromatic heterocycles. The highest BCUT2D eigenvalue weighted by atomic mass is 35.5. The lowest BCUT2D eigenvalue weighted by molar-refractivity contribution is -0.131. The quantitative estimate of drug-likeness (QED) is 0.494. The first kappa shape index (κ1) is 29.1. The number of ether oxygens (including phenoxy) is 1. The second-order valence-corrected chi connectivity index (χ2v) is 10.5. The van der Waals surface area contributed by atoms with Crippen molar-refractivity contribution in [3.05, 3.63) is 64.4 Å². The Bertz CT molecular complexity index is 1030. The molecular weight excluding hydrogens is 493 g/mol. The zero-order valence-electron chi connectivity index (χ0n) is 22.2. The van der Waals surface area contributed by atoms with Gasteiger partial charge in [-0.05, 0) is 79.7 Å². The number of amides is 2. The van der Waals surface area contributed by atoms with E-state index in [0.29, 0.717) is 48.1 Å². The molecule has 2 aromatic carbocycles. The van der Waals surface area contributed by atoms with Gasteiger partial charge in [-0.3, -0.25) is 9.59 Å². The average Bonchev–Trinajstić information content (AvgIpc) is 2.85. The number of methoxy groups -OCH3 is 1. The van der Waals surface area contributed by atoms with Crippen LogP contribution in [0.1, 0.15) is 44.2 Å². The molecule has 8 heteroatoms. The van der Waals surface area contributed by atoms with Crippen molar-refractivity contribution >= 4 is 29.1 Å². The van der Waals surface area contributed by atoms with E-state index in [0.717, 1.165) is 38.0 Å². The number of anilines is 1. The van der Waals surface area contributed by atoms with Gasteiger partial charge < -0.3 is 19.4 Å². The molecule has 0 radical (unpaired) electrons. The van der Waals surface area contributed by atoms with Gasteiger partial charge in [-0.15, -0.1) is 0 Å². The summed E-state index contributed by atoms with van der Waals surface area (Å²) >= 11 is 6.00. The Labute approximate surface area is 225 Å². The normalized spacial score (nSPS) is 15.7. The molecule has 3 rings (SSSR count). The van der Waals surface area contributed by atoms with Crippen molar-refractivity contribution in [2.45, 2.75) is 46.1 Å². The number of halogens is 2. The number of aryl methyl sites for hydroxylation is 1. The fourth-order valence-electron chi connectivity index (χ4n) is 4.83. The molecule has 0 aliphatic carbocycles. The van der Waals surface area contributed by atoms with Gasteiger partial charge in [0.25, 0.3) is 5.91 Å². The van der Waals surface area contributed by atoms with E-state index in [-0.39, 0.29) is 30.8 Å². The fourth-order valence-corrected chi connectivity index (χ4v) is 4.96. The van der Waals surface area contributed by atoms with Crippen LogP contribution in [0, 0.1) is 11.7 Å². The van der Waals surface area contributed by atoms with Crippen LogP contribution >= 0.6 is 11.6 Å². The zero-order chi connectivity index (χ0) is 26.8. The predicted octanol–water partition coefficient (Wildman–Crippen LogP) is 5.17. The van der Waals surface area contributed by atoms with Crippen LogP contribution in [-0.2, 0) is 27.3 Å². The molecule has 0 unspecified atom stereocenters. The van der Waals surface area contributed by atoms with Crippen molar-refractivity contribution in [3.8, 4) is 0 Å². The van der Waals surface area contributed by atoms with Crippen molar-refractivity contribution in [1.29, 1.82) is 0 Å². The van der Waals surface area contributed by atoms with Gasteiger partial charge >= 0.3 is 0 Å². The molecule has 0 saturated heterocycles. The van der Waals surface area contributed by atoms with Gasteiger partial charge in [0.2, 0.25) is 5.91 Å². The molecule has 202 valence electrons. The maximum absolute atomic E-state index is 14.4. The van der Waals surface area contributed by atoms with E-state index in [1.807, 2.05) is 29.2 Å². The zero-order valence-corrected chi connectivity index (χ0v) is 23.0. The first-order valence-electron chi connectivity index (χ1n) is 13.1. The number of carbonyl (C=O) groups is 2. The van der Waals surface area contributed by atoms with Gasteiger partial charge in [-0.2, -0.15) is 0 Å². The Hall–Kier alpha value is -2.48. The third kappa shape index (κ3) is 9.09. The molecule has 1 aliphatic heterocycles. The van der Waals surface area contributed by atoms with Crippen molar-refractivity contribution in [1.82, 2.24) is 9.80 Å². The van der Waals surface area contributed by atoms with Gasteiger partial charge in [0.05, 0.1) is 0 Å². The van der Waals surface area contributed by atoms with E-state index in [1.54, 1.807) is 11.0 Å². The monoisotopic (exact) mass is 531 g/mol. The number of hydrogen-bond acceptors (Lipinski definition) is 4. The molecular formula is C29H39ClFN3O3. The minimum absolute atomic E-state index is 0.00685. The van der Waals surface area contributed by atoms with Gasteiger partial charge in [0.1, 0.15) is 12.4 Å². The van der Waals surface area contributed by atoms with Gasteiger partial charge in [0, 0.05) is 50.4 Å². The van der Waals surface area contributed by atoms with Crippen LogP contribution in [-0.4, -0.2) is 68.1 Å². The molecule has 2 amide bonds. The van der Waals surface area contributed by atoms with E-state index in [2.05, 4.69) is 18.7 Å². The molecule has 37 heavy (non-hydrogen) atoms. The van der Waals surface area contributed by atoms with Gasteiger partial charge in [-0.25, -0.2) is 4.39 Å². The van der Waals surface area contributed by atoms with Crippen molar-refractivity contribution < 1.29 is 18.7 Å². The fraction of sp³-hybridized carbons (Fsp3) is 0.517. The SMILES string of the molecule is COCC(=O)N1CCCN(CC(C)C)CCCN(C(=O)CCc2ccc(Cl)cc2)Cc2cc(F)ccc21. The number of nitrogens with zero attached hydrogens (tertiary/aromatic N) is 3. The summed E-state index contributed by atoms with van der Waals surface area (Å²) in [6.07, 6.45) is 2.56. The van der Waals surface area contributed by atoms with Crippen LogP contribution < -0.4 is 4.90 Å². The van der Waals surface area contributed by atoms with Gasteiger partial charge in [0.15, 0.2) is 0 Å². The number of hydrogen-bond donors (Lipinski definition) is 0. The van der Waals surface area contributed by atoms with Crippen molar-refractivity contribution in [2.24, 2.45) is 5.92 Å². The van der Waals surface area contributed by atoms with E-state index in [1.165, 1.54) is 19.2 Å². The molecule has 1 aliphatic rings. The highest BCUT2D eigenvalue weighted by molar-refractivity contribution is 6.30. The summed E-state index contributed by atoms with van der Waals surface area (Å²) in [6.45, 7) is 8.30. The summed E-state index contributed by atoms with van der Waals surface area (Å²) in [6, 6.07) is 12.0. The van der Waals surface area contributed by atoms with E-state index in [4.69, 9.17) is 16.3 Å². The molecule has 2 aromatic rings. The van der Waals surface area contributed by atoms with E-state index >= 15 is 0 Å². The van der Waals surface area contributed by atoms with Crippen LogP contribution in [0.3, 0.4) is 0 Å². The molecule has 0 fully saturated rings. The first-order chi connectivity index (χ1) is 17.8. The van der Waals surface area contributed by atoms with Crippen LogP contribution in [0.15, 0.2) is 42.5 Å². The lowest BCUT2D eigenvalue weighted by Gasteiger charge is -2.32. The molecule has 0 atom stereocenters. The Morgan fingerprint density at radius 2 is 1.70 bits per heavy atom. The highest BCUT2D eigenvalue weighted by Gasteiger charge is 2.23. The van der Waals surface area contributed by atoms with Crippen LogP contribution in [0.25, 0.3) is 0 Å². The topological polar surface area (TPSA) is 53.1 Å². The summed E-state index contributed by atoms with van der Waals surface area (Å²) in [5.41, 5.74) is 2.30. The Morgan fingerprint density at radius 3 is 2.38 bits per heavy atom. The van der Waals surface area contributed by atoms with Crippen LogP contribution in [0.4, 0.5) is 10.1 Å². The molecule has 1 heterocycles. The van der Waals surface area contributed by atoms with Gasteiger partial charge in [-0.1, -0.05) is 37.6 Å². The van der Waals surface area contributed by atoms with Crippen LogP contribution in [0.5, 0.6) is 0 Å². The highest BCUT2D eigenvalue weighted by Crippen LogP contribution is 2.26. The first-order valence-corrected chi connectivity index (χ1v) is 13.5. The molecule has 6 nitrogen and oxygen atoms in total. The maximum Gasteiger partial charge on any atom is 0.252 e. The third-order valence-electron chi connectivity index (χ3n) is 6.54. The maximum atomic E-state index is 14.4. The summed E-state index contributed by atoms with van der Waals surface area (Å²) in [5.74, 6) is -0.0440. The minimum atomic E-state index is -0.387. The van der Waals surface area contributed by atoms with Crippen molar-refractivity contribution in [3.63, 3.8) is 0 Å². The minimum Gasteiger partial charge on any atom is -0.375 e. The second-order valence-electron chi connectivity index (χ2n) is 10.1. The number of fused-ring (bicyclic) bond motifs is 1. The molecule has 0 bridgehead atoms. The lowest BCUT2D eigenvalue weighted by Crippen LogP contribution is -2.40. The summed E-state index contributed by atoms with van der Waals surface area (Å²) in [4.78, 5) is 32.3. The molecule has 0 N–H and O–H groups in total. The largest absolute Gasteiger partial charge is 0.375 e. The smallest absolute Gasteiger partial charge is 0.252 e. The standard InChI is InChI=1S/C29H39ClFN3O3/c1-22(2)19-32-14-4-16-33(28(35)13-8-23-6-9-25(30)10-7-23)20-24-18-26(31)11-12-27(24)34(17-5-15-32)29(36)21-37-3/h6-7,9-12,18,22H,4-5,8,13-17,19-21H2,1-3H3. The molecule has 0 saturated carbocycles. The number of rotatable bonds is 7. The lowest BCUT2D eigenvalue weighted by atomic mass is 10.1. The second kappa shape index (κ2) is 14.5. The molecule has 0 spiro atoms. The predicted molar refractivity (Wildman–Crippen MR) is 146 cm³/mol. The van der Waals surface area contributed by atoms with Crippen LogP contribution in [0.2, 0.25) is 5.02 Å². The van der Waals surface area contributed by atoms with E-state index in [9.17, 15) is 14.0 Å². The summed E-state index contributed by atoms with van der Waals surface area (Å²) < 4.78 is 19.5. The Morgan fingerprint density at radius 1 is 1.00 bits per heavy atom. The number of carbonyl (C=O) groups excluding carboxylic acids is 2. The van der Waals surface area contributed by atoms with Crippen molar-refractivity contribution in [2.75, 3.05) is 51.3 Å². The third-order valence-corrected chi connectivity index (χ3v) is 6.79.